The molecule has 0 fully saturated rings. The van der Waals surface area contributed by atoms with Crippen LogP contribution in [0.25, 0.3) is 0 Å². The average Bonchev–Trinajstić information content (AvgIpc) is 2.62. The van der Waals surface area contributed by atoms with Gasteiger partial charge >= 0.3 is 0 Å². The summed E-state index contributed by atoms with van der Waals surface area (Å²) in [6.07, 6.45) is 0.504. The van der Waals surface area contributed by atoms with Crippen molar-refractivity contribution in [2.24, 2.45) is 0 Å². The molecular weight excluding hydrogens is 328 g/mol. The highest BCUT2D eigenvalue weighted by atomic mass is 16.5. The van der Waals surface area contributed by atoms with E-state index in [1.165, 1.54) is 6.92 Å². The zero-order chi connectivity index (χ0) is 18.9. The van der Waals surface area contributed by atoms with Gasteiger partial charge in [-0.15, -0.1) is 0 Å². The molecule has 0 spiro atoms. The third-order valence-corrected chi connectivity index (χ3v) is 4.13. The molecule has 1 amide bonds. The van der Waals surface area contributed by atoms with Crippen molar-refractivity contribution >= 4 is 11.7 Å². The van der Waals surface area contributed by atoms with Gasteiger partial charge in [-0.3, -0.25) is 14.5 Å². The molecule has 1 N–H and O–H groups in total. The Bertz CT molecular complexity index is 714. The number of hydrogen-bond donors (Lipinski definition) is 1. The summed E-state index contributed by atoms with van der Waals surface area (Å²) in [7, 11) is 3.51. The lowest BCUT2D eigenvalue weighted by Crippen LogP contribution is -2.45. The number of nitrogens with zero attached hydrogens (tertiary/aromatic N) is 1. The zero-order valence-corrected chi connectivity index (χ0v) is 15.6. The number of rotatable bonds is 9. The van der Waals surface area contributed by atoms with E-state index in [1.54, 1.807) is 7.11 Å². The van der Waals surface area contributed by atoms with E-state index in [0.717, 1.165) is 16.9 Å². The van der Waals surface area contributed by atoms with Crippen LogP contribution in [0, 0.1) is 0 Å². The van der Waals surface area contributed by atoms with Crippen LogP contribution in [-0.2, 0) is 22.6 Å². The van der Waals surface area contributed by atoms with Crippen LogP contribution in [0.5, 0.6) is 5.75 Å². The smallest absolute Gasteiger partial charge is 0.234 e. The molecule has 0 aliphatic rings. The zero-order valence-electron chi connectivity index (χ0n) is 15.6. The van der Waals surface area contributed by atoms with Gasteiger partial charge in [0.25, 0.3) is 0 Å². The number of ether oxygens (including phenoxy) is 1. The highest BCUT2D eigenvalue weighted by Gasteiger charge is 2.18. The molecule has 0 aromatic heterocycles. The second kappa shape index (κ2) is 9.73. The van der Waals surface area contributed by atoms with E-state index in [4.69, 9.17) is 4.74 Å². The predicted octanol–water partition coefficient (Wildman–Crippen LogP) is 2.44. The van der Waals surface area contributed by atoms with Crippen LogP contribution < -0.4 is 10.1 Å². The Balaban J connectivity index is 1.87. The van der Waals surface area contributed by atoms with E-state index < -0.39 is 6.04 Å². The number of carbonyl (C=O) groups excluding carboxylic acids is 2. The normalized spacial score (nSPS) is 11.8. The number of benzene rings is 2. The number of Topliss-reactive ketones (excluding diaryl/α,β-unsaturated/α-hetero) is 1. The number of methoxy groups -OCH3 is 1. The summed E-state index contributed by atoms with van der Waals surface area (Å²) in [5.74, 6) is 0.608. The van der Waals surface area contributed by atoms with Gasteiger partial charge in [0, 0.05) is 6.54 Å². The van der Waals surface area contributed by atoms with E-state index in [-0.39, 0.29) is 18.2 Å². The fourth-order valence-corrected chi connectivity index (χ4v) is 2.73. The Morgan fingerprint density at radius 2 is 1.69 bits per heavy atom. The SMILES string of the molecule is COc1ccc(CN(C)CC(=O)N[C@H](Cc2ccccc2)C(C)=O)cc1. The van der Waals surface area contributed by atoms with Crippen LogP contribution >= 0.6 is 0 Å². The maximum Gasteiger partial charge on any atom is 0.234 e. The number of nitrogens with one attached hydrogen (secondary N) is 1. The maximum atomic E-state index is 12.3. The lowest BCUT2D eigenvalue weighted by atomic mass is 10.0. The molecule has 0 saturated heterocycles. The van der Waals surface area contributed by atoms with Crippen LogP contribution in [0.4, 0.5) is 0 Å². The minimum Gasteiger partial charge on any atom is -0.497 e. The summed E-state index contributed by atoms with van der Waals surface area (Å²) in [5, 5.41) is 2.85. The minimum absolute atomic E-state index is 0.0417. The number of likely N-dealkylation sites (N-methyl/N-ethyl adjacent to an activating group) is 1. The molecule has 138 valence electrons. The van der Waals surface area contributed by atoms with Crippen molar-refractivity contribution in [3.05, 3.63) is 65.7 Å². The molecule has 0 heterocycles. The third-order valence-electron chi connectivity index (χ3n) is 4.13. The first-order valence-corrected chi connectivity index (χ1v) is 8.63. The highest BCUT2D eigenvalue weighted by molar-refractivity contribution is 5.88. The van der Waals surface area contributed by atoms with Crippen LogP contribution in [0.2, 0.25) is 0 Å². The quantitative estimate of drug-likeness (QED) is 0.751. The van der Waals surface area contributed by atoms with Gasteiger partial charge in [-0.2, -0.15) is 0 Å². The van der Waals surface area contributed by atoms with E-state index >= 15 is 0 Å². The third kappa shape index (κ3) is 6.33. The second-order valence-electron chi connectivity index (χ2n) is 6.44. The van der Waals surface area contributed by atoms with Crippen molar-refractivity contribution in [3.8, 4) is 5.75 Å². The topological polar surface area (TPSA) is 58.6 Å². The molecule has 5 nitrogen and oxygen atoms in total. The maximum absolute atomic E-state index is 12.3. The van der Waals surface area contributed by atoms with Gasteiger partial charge in [-0.25, -0.2) is 0 Å². The van der Waals surface area contributed by atoms with E-state index in [9.17, 15) is 9.59 Å². The van der Waals surface area contributed by atoms with Crippen molar-refractivity contribution in [2.75, 3.05) is 20.7 Å². The number of carbonyl (C=O) groups is 2. The Labute approximate surface area is 155 Å². The van der Waals surface area contributed by atoms with Crippen molar-refractivity contribution < 1.29 is 14.3 Å². The molecule has 2 aromatic carbocycles. The molecule has 5 heteroatoms. The van der Waals surface area contributed by atoms with E-state index in [1.807, 2.05) is 66.5 Å². The summed E-state index contributed by atoms with van der Waals surface area (Å²) >= 11 is 0. The molecule has 0 bridgehead atoms. The van der Waals surface area contributed by atoms with Crippen molar-refractivity contribution in [3.63, 3.8) is 0 Å². The van der Waals surface area contributed by atoms with Crippen molar-refractivity contribution in [2.45, 2.75) is 25.9 Å². The van der Waals surface area contributed by atoms with Crippen molar-refractivity contribution in [1.82, 2.24) is 10.2 Å². The first-order valence-electron chi connectivity index (χ1n) is 8.63. The molecule has 2 aromatic rings. The summed E-state index contributed by atoms with van der Waals surface area (Å²) in [6.45, 7) is 2.38. The molecule has 0 aliphatic carbocycles. The number of hydrogen-bond acceptors (Lipinski definition) is 4. The van der Waals surface area contributed by atoms with Gasteiger partial charge in [0.15, 0.2) is 5.78 Å². The monoisotopic (exact) mass is 354 g/mol. The molecule has 0 aliphatic heterocycles. The lowest BCUT2D eigenvalue weighted by Gasteiger charge is -2.20. The fourth-order valence-electron chi connectivity index (χ4n) is 2.73. The Morgan fingerprint density at radius 3 is 2.27 bits per heavy atom. The molecule has 2 rings (SSSR count). The lowest BCUT2D eigenvalue weighted by molar-refractivity contribution is -0.127. The van der Waals surface area contributed by atoms with E-state index in [0.29, 0.717) is 13.0 Å². The standard InChI is InChI=1S/C21H26N2O3/c1-16(24)20(13-17-7-5-4-6-8-17)22-21(25)15-23(2)14-18-9-11-19(26-3)12-10-18/h4-12,20H,13-15H2,1-3H3,(H,22,25)/t20-/m1/s1. The minimum atomic E-state index is -0.501. The largest absolute Gasteiger partial charge is 0.497 e. The Kier molecular flexibility index (Phi) is 7.36. The van der Waals surface area contributed by atoms with Gasteiger partial charge in [-0.1, -0.05) is 42.5 Å². The molecule has 1 atom stereocenters. The summed E-state index contributed by atoms with van der Waals surface area (Å²) in [4.78, 5) is 26.1. The van der Waals surface area contributed by atoms with Gasteiger partial charge in [0.2, 0.25) is 5.91 Å². The first kappa shape index (κ1) is 19.7. The van der Waals surface area contributed by atoms with Crippen LogP contribution in [-0.4, -0.2) is 43.3 Å². The van der Waals surface area contributed by atoms with Crippen LogP contribution in [0.1, 0.15) is 18.1 Å². The van der Waals surface area contributed by atoms with Gasteiger partial charge in [0.05, 0.1) is 19.7 Å². The molecule has 26 heavy (non-hydrogen) atoms. The first-order chi connectivity index (χ1) is 12.5. The highest BCUT2D eigenvalue weighted by Crippen LogP contribution is 2.12. The second-order valence-corrected chi connectivity index (χ2v) is 6.44. The molecule has 0 saturated carbocycles. The van der Waals surface area contributed by atoms with Crippen LogP contribution in [0.15, 0.2) is 54.6 Å². The molecule has 0 unspecified atom stereocenters. The number of ketones is 1. The van der Waals surface area contributed by atoms with Crippen molar-refractivity contribution in [1.29, 1.82) is 0 Å². The Hall–Kier alpha value is -2.66. The summed E-state index contributed by atoms with van der Waals surface area (Å²) in [5.41, 5.74) is 2.12. The van der Waals surface area contributed by atoms with Gasteiger partial charge in [0.1, 0.15) is 5.75 Å². The average molecular weight is 354 g/mol. The number of amides is 1. The predicted molar refractivity (Wildman–Crippen MR) is 102 cm³/mol. The van der Waals surface area contributed by atoms with Gasteiger partial charge < -0.3 is 10.1 Å². The van der Waals surface area contributed by atoms with E-state index in [2.05, 4.69) is 5.32 Å². The molecular formula is C21H26N2O3. The van der Waals surface area contributed by atoms with Gasteiger partial charge in [-0.05, 0) is 43.7 Å². The Morgan fingerprint density at radius 1 is 1.04 bits per heavy atom. The fraction of sp³-hybridized carbons (Fsp3) is 0.333. The van der Waals surface area contributed by atoms with Crippen LogP contribution in [0.3, 0.4) is 0 Å². The summed E-state index contributed by atoms with van der Waals surface area (Å²) < 4.78 is 5.14. The molecule has 0 radical (unpaired) electrons. The summed E-state index contributed by atoms with van der Waals surface area (Å²) in [6, 6.07) is 16.9.